The zero-order valence-electron chi connectivity index (χ0n) is 12.5. The number of benzene rings is 1. The van der Waals surface area contributed by atoms with Gasteiger partial charge < -0.3 is 9.64 Å². The molecule has 2 bridgehead atoms. The van der Waals surface area contributed by atoms with Gasteiger partial charge in [-0.3, -0.25) is 4.57 Å². The predicted octanol–water partition coefficient (Wildman–Crippen LogP) is 1.94. The van der Waals surface area contributed by atoms with Gasteiger partial charge in [0.05, 0.1) is 12.1 Å². The van der Waals surface area contributed by atoms with E-state index in [9.17, 15) is 9.18 Å². The molecule has 0 N–H and O–H groups in total. The van der Waals surface area contributed by atoms with Crippen LogP contribution in [0.15, 0.2) is 35.1 Å². The van der Waals surface area contributed by atoms with Crippen molar-refractivity contribution in [1.82, 2.24) is 9.55 Å². The SMILES string of the molecule is O=c1nc(OCc2ccccc2F)cc2n1CC13CC(CN21)C3. The highest BCUT2D eigenvalue weighted by Gasteiger charge is 2.60. The smallest absolute Gasteiger partial charge is 0.352 e. The standard InChI is InChI=1S/C17H16FN3O2/c18-13-4-2-1-3-12(13)9-23-14-5-15-20(16(22)19-14)10-17-6-11(7-17)8-21(15)17/h1-5,11H,6-10H2. The van der Waals surface area contributed by atoms with Crippen LogP contribution in [0.3, 0.4) is 0 Å². The average molecular weight is 313 g/mol. The van der Waals surface area contributed by atoms with E-state index in [0.717, 1.165) is 24.8 Å². The first-order valence-electron chi connectivity index (χ1n) is 7.90. The first kappa shape index (κ1) is 13.1. The van der Waals surface area contributed by atoms with Crippen molar-refractivity contribution in [2.75, 3.05) is 11.4 Å². The van der Waals surface area contributed by atoms with E-state index in [1.165, 1.54) is 18.9 Å². The summed E-state index contributed by atoms with van der Waals surface area (Å²) in [6.07, 6.45) is 2.33. The van der Waals surface area contributed by atoms with Crippen molar-refractivity contribution >= 4 is 5.82 Å². The summed E-state index contributed by atoms with van der Waals surface area (Å²) in [5.74, 6) is 1.61. The predicted molar refractivity (Wildman–Crippen MR) is 82.0 cm³/mol. The zero-order valence-corrected chi connectivity index (χ0v) is 12.5. The molecule has 23 heavy (non-hydrogen) atoms. The molecule has 3 fully saturated rings. The molecular weight excluding hydrogens is 297 g/mol. The number of halogens is 1. The second-order valence-corrected chi connectivity index (χ2v) is 6.81. The summed E-state index contributed by atoms with van der Waals surface area (Å²) in [6.45, 7) is 1.81. The molecule has 3 aliphatic heterocycles. The normalized spacial score (nSPS) is 26.7. The number of hydrogen-bond donors (Lipinski definition) is 0. The summed E-state index contributed by atoms with van der Waals surface area (Å²) in [5, 5.41) is 0. The van der Waals surface area contributed by atoms with Gasteiger partial charge in [-0.1, -0.05) is 18.2 Å². The fourth-order valence-corrected chi connectivity index (χ4v) is 4.35. The molecule has 1 aliphatic carbocycles. The summed E-state index contributed by atoms with van der Waals surface area (Å²) >= 11 is 0. The van der Waals surface area contributed by atoms with Crippen molar-refractivity contribution in [3.05, 3.63) is 52.2 Å². The minimum Gasteiger partial charge on any atom is -0.472 e. The van der Waals surface area contributed by atoms with Gasteiger partial charge in [-0.15, -0.1) is 0 Å². The Bertz CT molecular complexity index is 857. The Labute approximate surface area is 132 Å². The van der Waals surface area contributed by atoms with Crippen LogP contribution in [0.25, 0.3) is 0 Å². The topological polar surface area (TPSA) is 47.4 Å². The third-order valence-corrected chi connectivity index (χ3v) is 5.38. The number of nitrogens with zero attached hydrogens (tertiary/aromatic N) is 3. The maximum atomic E-state index is 13.6. The van der Waals surface area contributed by atoms with Gasteiger partial charge in [-0.25, -0.2) is 9.18 Å². The molecule has 6 heteroatoms. The number of ether oxygens (including phenoxy) is 1. The van der Waals surface area contributed by atoms with Crippen molar-refractivity contribution in [1.29, 1.82) is 0 Å². The van der Waals surface area contributed by atoms with Crippen LogP contribution in [0.5, 0.6) is 5.88 Å². The van der Waals surface area contributed by atoms with Crippen molar-refractivity contribution < 1.29 is 9.13 Å². The van der Waals surface area contributed by atoms with E-state index < -0.39 is 0 Å². The van der Waals surface area contributed by atoms with E-state index >= 15 is 0 Å². The van der Waals surface area contributed by atoms with Crippen LogP contribution in [0.2, 0.25) is 0 Å². The Morgan fingerprint density at radius 3 is 3.00 bits per heavy atom. The summed E-state index contributed by atoms with van der Waals surface area (Å²) in [7, 11) is 0. The minimum atomic E-state index is -0.315. The molecule has 5 nitrogen and oxygen atoms in total. The molecule has 1 spiro atoms. The molecule has 2 saturated heterocycles. The van der Waals surface area contributed by atoms with Gasteiger partial charge in [0, 0.05) is 18.2 Å². The summed E-state index contributed by atoms with van der Waals surface area (Å²) in [6, 6.07) is 8.27. The molecule has 0 radical (unpaired) electrons. The molecule has 1 aromatic carbocycles. The highest BCUT2D eigenvalue weighted by Crippen LogP contribution is 2.56. The lowest BCUT2D eigenvalue weighted by molar-refractivity contribution is 0.229. The van der Waals surface area contributed by atoms with Gasteiger partial charge in [0.2, 0.25) is 5.88 Å². The largest absolute Gasteiger partial charge is 0.472 e. The molecule has 2 aromatic rings. The Morgan fingerprint density at radius 1 is 1.35 bits per heavy atom. The molecule has 1 aromatic heterocycles. The van der Waals surface area contributed by atoms with E-state index in [1.54, 1.807) is 22.8 Å². The Balaban J connectivity index is 1.44. The van der Waals surface area contributed by atoms with Crippen LogP contribution in [-0.4, -0.2) is 21.6 Å². The third-order valence-electron chi connectivity index (χ3n) is 5.38. The van der Waals surface area contributed by atoms with Crippen LogP contribution >= 0.6 is 0 Å². The van der Waals surface area contributed by atoms with Crippen LogP contribution in [-0.2, 0) is 13.2 Å². The van der Waals surface area contributed by atoms with E-state index in [0.29, 0.717) is 5.56 Å². The Hall–Kier alpha value is -2.37. The lowest BCUT2D eigenvalue weighted by Crippen LogP contribution is -2.44. The Kier molecular flexibility index (Phi) is 2.47. The number of anilines is 1. The van der Waals surface area contributed by atoms with E-state index in [2.05, 4.69) is 9.88 Å². The van der Waals surface area contributed by atoms with Crippen molar-refractivity contribution in [2.45, 2.75) is 31.5 Å². The highest BCUT2D eigenvalue weighted by molar-refractivity contribution is 5.54. The average Bonchev–Trinajstić information content (AvgIpc) is 3.11. The molecule has 6 rings (SSSR count). The lowest BCUT2D eigenvalue weighted by atomic mass is 9.74. The van der Waals surface area contributed by atoms with Gasteiger partial charge in [0.15, 0.2) is 0 Å². The first-order valence-corrected chi connectivity index (χ1v) is 7.90. The van der Waals surface area contributed by atoms with Gasteiger partial charge in [-0.2, -0.15) is 4.98 Å². The van der Waals surface area contributed by atoms with Crippen LogP contribution in [0.4, 0.5) is 10.2 Å². The summed E-state index contributed by atoms with van der Waals surface area (Å²) in [5.41, 5.74) is 0.316. The Morgan fingerprint density at radius 2 is 2.17 bits per heavy atom. The molecular formula is C17H16FN3O2. The van der Waals surface area contributed by atoms with Gasteiger partial charge in [0.1, 0.15) is 18.2 Å². The second kappa shape index (κ2) is 4.34. The van der Waals surface area contributed by atoms with Gasteiger partial charge in [-0.05, 0) is 24.8 Å². The lowest BCUT2D eigenvalue weighted by Gasteiger charge is -2.37. The van der Waals surface area contributed by atoms with Crippen molar-refractivity contribution in [3.63, 3.8) is 0 Å². The fourth-order valence-electron chi connectivity index (χ4n) is 4.35. The first-order chi connectivity index (χ1) is 11.1. The van der Waals surface area contributed by atoms with E-state index in [4.69, 9.17) is 4.74 Å². The van der Waals surface area contributed by atoms with Crippen molar-refractivity contribution in [3.8, 4) is 5.88 Å². The van der Waals surface area contributed by atoms with E-state index in [-0.39, 0.29) is 29.5 Å². The van der Waals surface area contributed by atoms with Gasteiger partial charge in [0.25, 0.3) is 0 Å². The van der Waals surface area contributed by atoms with Crippen LogP contribution in [0, 0.1) is 11.7 Å². The van der Waals surface area contributed by atoms with Gasteiger partial charge >= 0.3 is 5.69 Å². The molecule has 0 amide bonds. The maximum Gasteiger partial charge on any atom is 0.352 e. The number of rotatable bonds is 3. The zero-order chi connectivity index (χ0) is 15.6. The van der Waals surface area contributed by atoms with Crippen LogP contribution < -0.4 is 15.3 Å². The monoisotopic (exact) mass is 313 g/mol. The van der Waals surface area contributed by atoms with Crippen LogP contribution in [0.1, 0.15) is 18.4 Å². The van der Waals surface area contributed by atoms with E-state index in [1.807, 2.05) is 6.07 Å². The molecule has 4 heterocycles. The van der Waals surface area contributed by atoms with Crippen molar-refractivity contribution in [2.24, 2.45) is 5.92 Å². The number of fused-ring (bicyclic) bond motifs is 1. The summed E-state index contributed by atoms with van der Waals surface area (Å²) < 4.78 is 21.0. The molecule has 0 unspecified atom stereocenters. The minimum absolute atomic E-state index is 0.0658. The molecule has 1 saturated carbocycles. The third kappa shape index (κ3) is 1.77. The quantitative estimate of drug-likeness (QED) is 0.869. The fraction of sp³-hybridized carbons (Fsp3) is 0.412. The second-order valence-electron chi connectivity index (χ2n) is 6.81. The number of hydrogen-bond acceptors (Lipinski definition) is 4. The highest BCUT2D eigenvalue weighted by atomic mass is 19.1. The molecule has 0 atom stereocenters. The molecule has 118 valence electrons. The molecule has 4 aliphatic rings. The number of aromatic nitrogens is 2. The maximum absolute atomic E-state index is 13.6. The summed E-state index contributed by atoms with van der Waals surface area (Å²) in [4.78, 5) is 18.6.